The fraction of sp³-hybridized carbons (Fsp3) is 0.571. The molecule has 2 aliphatic heterocycles. The number of hydrogen-bond acceptors (Lipinski definition) is 4. The Kier molecular flexibility index (Phi) is 7.39. The van der Waals surface area contributed by atoms with E-state index >= 15 is 0 Å². The molecule has 27 heavy (non-hydrogen) atoms. The summed E-state index contributed by atoms with van der Waals surface area (Å²) in [4.78, 5) is 26.8. The van der Waals surface area contributed by atoms with Gasteiger partial charge < -0.3 is 10.2 Å². The maximum atomic E-state index is 12.2. The second-order valence-electron chi connectivity index (χ2n) is 7.32. The largest absolute Gasteiger partial charge is 0.354 e. The molecule has 2 heterocycles. The van der Waals surface area contributed by atoms with Crippen LogP contribution in [0, 0.1) is 0 Å². The van der Waals surface area contributed by atoms with Gasteiger partial charge in [0.25, 0.3) is 0 Å². The van der Waals surface area contributed by atoms with Gasteiger partial charge in [-0.2, -0.15) is 5.10 Å². The van der Waals surface area contributed by atoms with E-state index < -0.39 is 0 Å². The molecule has 0 spiro atoms. The molecule has 0 aromatic heterocycles. The number of hydrazone groups is 1. The van der Waals surface area contributed by atoms with Crippen LogP contribution in [0.1, 0.15) is 50.5 Å². The summed E-state index contributed by atoms with van der Waals surface area (Å²) in [7, 11) is 0. The van der Waals surface area contributed by atoms with Gasteiger partial charge in [0, 0.05) is 19.4 Å². The Labute approximate surface area is 161 Å². The summed E-state index contributed by atoms with van der Waals surface area (Å²) in [6, 6.07) is 9.82. The van der Waals surface area contributed by atoms with Crippen molar-refractivity contribution in [3.05, 3.63) is 35.9 Å². The minimum absolute atomic E-state index is 0.00111. The molecule has 0 aliphatic carbocycles. The van der Waals surface area contributed by atoms with E-state index in [1.807, 2.05) is 30.3 Å². The van der Waals surface area contributed by atoms with Crippen molar-refractivity contribution in [2.75, 3.05) is 32.7 Å². The summed E-state index contributed by atoms with van der Waals surface area (Å²) in [5.41, 5.74) is 1.87. The van der Waals surface area contributed by atoms with Gasteiger partial charge in [0.05, 0.1) is 5.71 Å². The van der Waals surface area contributed by atoms with E-state index in [0.29, 0.717) is 19.4 Å². The summed E-state index contributed by atoms with van der Waals surface area (Å²) in [6.45, 7) is 4.02. The molecule has 6 nitrogen and oxygen atoms in total. The maximum Gasteiger partial charge on any atom is 0.243 e. The minimum Gasteiger partial charge on any atom is -0.354 e. The average molecular weight is 370 g/mol. The van der Waals surface area contributed by atoms with Gasteiger partial charge in [0.2, 0.25) is 11.8 Å². The number of carbonyl (C=O) groups excluding carboxylic acids is 2. The Morgan fingerprint density at radius 2 is 1.78 bits per heavy atom. The number of hydrogen-bond donors (Lipinski definition) is 1. The van der Waals surface area contributed by atoms with Gasteiger partial charge in [-0.25, -0.2) is 5.01 Å². The highest BCUT2D eigenvalue weighted by molar-refractivity contribution is 6.04. The van der Waals surface area contributed by atoms with Crippen LogP contribution < -0.4 is 5.32 Å². The first-order valence-corrected chi connectivity index (χ1v) is 10.1. The monoisotopic (exact) mass is 370 g/mol. The molecule has 0 bridgehead atoms. The smallest absolute Gasteiger partial charge is 0.243 e. The molecular formula is C21H30N4O2. The van der Waals surface area contributed by atoms with Crippen molar-refractivity contribution in [2.45, 2.75) is 44.9 Å². The van der Waals surface area contributed by atoms with E-state index in [2.05, 4.69) is 15.3 Å². The number of likely N-dealkylation sites (tertiary alicyclic amines) is 1. The lowest BCUT2D eigenvalue weighted by molar-refractivity contribution is -0.136. The first-order valence-electron chi connectivity index (χ1n) is 10.1. The molecule has 2 amide bonds. The molecule has 0 saturated carbocycles. The Morgan fingerprint density at radius 1 is 1.04 bits per heavy atom. The Bertz CT molecular complexity index is 651. The van der Waals surface area contributed by atoms with Crippen LogP contribution in [0.5, 0.6) is 0 Å². The molecule has 1 aromatic carbocycles. The lowest BCUT2D eigenvalue weighted by atomic mass is 10.0. The van der Waals surface area contributed by atoms with Crippen LogP contribution in [0.4, 0.5) is 0 Å². The van der Waals surface area contributed by atoms with Gasteiger partial charge in [-0.15, -0.1) is 0 Å². The van der Waals surface area contributed by atoms with Crippen LogP contribution in [-0.2, 0) is 9.59 Å². The summed E-state index contributed by atoms with van der Waals surface area (Å²) in [5.74, 6) is -0.230. The fourth-order valence-electron chi connectivity index (χ4n) is 3.64. The predicted molar refractivity (Wildman–Crippen MR) is 106 cm³/mol. The molecule has 2 aliphatic rings. The van der Waals surface area contributed by atoms with Crippen molar-refractivity contribution in [2.24, 2.45) is 5.10 Å². The second-order valence-corrected chi connectivity index (χ2v) is 7.32. The van der Waals surface area contributed by atoms with Crippen molar-refractivity contribution in [1.82, 2.24) is 15.2 Å². The van der Waals surface area contributed by atoms with Crippen LogP contribution in [0.2, 0.25) is 0 Å². The standard InChI is InChI=1S/C21H30N4O2/c26-20(22-13-8-16-24-14-6-1-2-7-15-24)17-25-21(27)12-11-19(23-25)18-9-4-3-5-10-18/h3-5,9-10H,1-2,6-8,11-17H2,(H,22,26). The van der Waals surface area contributed by atoms with Gasteiger partial charge in [-0.05, 0) is 44.5 Å². The summed E-state index contributed by atoms with van der Waals surface area (Å²) >= 11 is 0. The summed E-state index contributed by atoms with van der Waals surface area (Å²) < 4.78 is 0. The maximum absolute atomic E-state index is 12.2. The minimum atomic E-state index is -0.141. The van der Waals surface area contributed by atoms with Crippen LogP contribution in [0.15, 0.2) is 35.4 Å². The summed E-state index contributed by atoms with van der Waals surface area (Å²) in [6.07, 6.45) is 7.20. The topological polar surface area (TPSA) is 65.0 Å². The van der Waals surface area contributed by atoms with Gasteiger partial charge in [0.15, 0.2) is 0 Å². The number of nitrogens with one attached hydrogen (secondary N) is 1. The van der Waals surface area contributed by atoms with Crippen LogP contribution >= 0.6 is 0 Å². The molecule has 146 valence electrons. The zero-order valence-corrected chi connectivity index (χ0v) is 16.0. The zero-order chi connectivity index (χ0) is 18.9. The lowest BCUT2D eigenvalue weighted by Gasteiger charge is -2.23. The molecular weight excluding hydrogens is 340 g/mol. The van der Waals surface area contributed by atoms with Crippen molar-refractivity contribution in [3.8, 4) is 0 Å². The number of rotatable bonds is 7. The normalized spacial score (nSPS) is 18.7. The molecule has 6 heteroatoms. The molecule has 0 unspecified atom stereocenters. The Morgan fingerprint density at radius 3 is 2.52 bits per heavy atom. The van der Waals surface area contributed by atoms with Gasteiger partial charge in [-0.1, -0.05) is 43.2 Å². The number of benzene rings is 1. The first kappa shape index (κ1) is 19.5. The van der Waals surface area contributed by atoms with E-state index in [1.165, 1.54) is 43.8 Å². The lowest BCUT2D eigenvalue weighted by Crippen LogP contribution is -2.41. The molecule has 1 aromatic rings. The highest BCUT2D eigenvalue weighted by atomic mass is 16.2. The third-order valence-electron chi connectivity index (χ3n) is 5.18. The quantitative estimate of drug-likeness (QED) is 0.750. The molecule has 3 rings (SSSR count). The van der Waals surface area contributed by atoms with Gasteiger partial charge in [0.1, 0.15) is 6.54 Å². The number of amides is 2. The van der Waals surface area contributed by atoms with Gasteiger partial charge in [-0.3, -0.25) is 9.59 Å². The van der Waals surface area contributed by atoms with E-state index in [9.17, 15) is 9.59 Å². The number of nitrogens with zero attached hydrogens (tertiary/aromatic N) is 3. The van der Waals surface area contributed by atoms with Gasteiger partial charge >= 0.3 is 0 Å². The zero-order valence-electron chi connectivity index (χ0n) is 16.0. The highest BCUT2D eigenvalue weighted by Gasteiger charge is 2.23. The average Bonchev–Trinajstić information content (AvgIpc) is 2.96. The van der Waals surface area contributed by atoms with E-state index in [1.54, 1.807) is 0 Å². The van der Waals surface area contributed by atoms with E-state index in [-0.39, 0.29) is 18.4 Å². The van der Waals surface area contributed by atoms with Crippen LogP contribution in [0.25, 0.3) is 0 Å². The van der Waals surface area contributed by atoms with E-state index in [0.717, 1.165) is 24.2 Å². The molecule has 1 saturated heterocycles. The molecule has 0 radical (unpaired) electrons. The second kappa shape index (κ2) is 10.2. The first-order chi connectivity index (χ1) is 13.2. The molecule has 1 N–H and O–H groups in total. The third kappa shape index (κ3) is 6.17. The molecule has 1 fully saturated rings. The third-order valence-corrected chi connectivity index (χ3v) is 5.18. The number of carbonyl (C=O) groups is 2. The van der Waals surface area contributed by atoms with Crippen molar-refractivity contribution < 1.29 is 9.59 Å². The van der Waals surface area contributed by atoms with Crippen LogP contribution in [-0.4, -0.2) is 60.2 Å². The molecule has 0 atom stereocenters. The predicted octanol–water partition coefficient (Wildman–Crippen LogP) is 2.40. The SMILES string of the molecule is O=C(CN1N=C(c2ccccc2)CCC1=O)NCCCN1CCCCCC1. The fourth-order valence-corrected chi connectivity index (χ4v) is 3.64. The van der Waals surface area contributed by atoms with Crippen LogP contribution in [0.3, 0.4) is 0 Å². The van der Waals surface area contributed by atoms with E-state index in [4.69, 9.17) is 0 Å². The highest BCUT2D eigenvalue weighted by Crippen LogP contribution is 2.15. The summed E-state index contributed by atoms with van der Waals surface area (Å²) in [5, 5.41) is 8.66. The Hall–Kier alpha value is -2.21. The van der Waals surface area contributed by atoms with Crippen molar-refractivity contribution >= 4 is 17.5 Å². The van der Waals surface area contributed by atoms with Crippen molar-refractivity contribution in [3.63, 3.8) is 0 Å². The Balaban J connectivity index is 1.43. The van der Waals surface area contributed by atoms with Crippen molar-refractivity contribution in [1.29, 1.82) is 0 Å².